The van der Waals surface area contributed by atoms with Gasteiger partial charge in [-0.25, -0.2) is 14.5 Å². The van der Waals surface area contributed by atoms with Crippen molar-refractivity contribution < 1.29 is 22.7 Å². The Balaban J connectivity index is 1.77. The van der Waals surface area contributed by atoms with E-state index in [-0.39, 0.29) is 6.61 Å². The summed E-state index contributed by atoms with van der Waals surface area (Å²) in [5.74, 6) is 0.583. The van der Waals surface area contributed by atoms with Crippen LogP contribution in [0, 0.1) is 0 Å². The number of ether oxygens (including phenoxy) is 1. The molecule has 2 aromatic rings. The van der Waals surface area contributed by atoms with Crippen molar-refractivity contribution in [3.05, 3.63) is 36.8 Å². The normalized spacial score (nSPS) is 12.7. The highest BCUT2D eigenvalue weighted by Gasteiger charge is 2.27. The van der Waals surface area contributed by atoms with Crippen LogP contribution in [0.15, 0.2) is 36.8 Å². The van der Waals surface area contributed by atoms with Crippen LogP contribution in [0.1, 0.15) is 6.92 Å². The number of alkyl halides is 3. The number of nitrogens with one attached hydrogen (secondary N) is 2. The van der Waals surface area contributed by atoms with E-state index in [1.54, 1.807) is 35.3 Å². The molecule has 0 saturated heterocycles. The molecule has 2 rings (SSSR count). The maximum absolute atomic E-state index is 12.0. The first-order valence-corrected chi connectivity index (χ1v) is 7.01. The molecule has 2 heterocycles. The van der Waals surface area contributed by atoms with Crippen molar-refractivity contribution in [2.24, 2.45) is 0 Å². The summed E-state index contributed by atoms with van der Waals surface area (Å²) >= 11 is 0. The Labute approximate surface area is 135 Å². The van der Waals surface area contributed by atoms with Crippen LogP contribution in [0.3, 0.4) is 0 Å². The monoisotopic (exact) mass is 343 g/mol. The second-order valence-electron chi connectivity index (χ2n) is 4.99. The Kier molecular flexibility index (Phi) is 5.74. The number of halogens is 3. The van der Waals surface area contributed by atoms with Gasteiger partial charge < -0.3 is 15.4 Å². The maximum Gasteiger partial charge on any atom is 0.411 e. The Hall–Kier alpha value is -2.62. The second kappa shape index (κ2) is 7.77. The highest BCUT2D eigenvalue weighted by molar-refractivity contribution is 5.89. The van der Waals surface area contributed by atoms with Gasteiger partial charge in [-0.1, -0.05) is 0 Å². The van der Waals surface area contributed by atoms with Crippen LogP contribution in [0.5, 0.6) is 0 Å². The molecule has 10 heteroatoms. The van der Waals surface area contributed by atoms with Crippen molar-refractivity contribution in [2.75, 3.05) is 18.5 Å². The first-order valence-electron chi connectivity index (χ1n) is 7.01. The number of hydrogen-bond acceptors (Lipinski definition) is 4. The van der Waals surface area contributed by atoms with E-state index >= 15 is 0 Å². The van der Waals surface area contributed by atoms with E-state index in [2.05, 4.69) is 25.5 Å². The first kappa shape index (κ1) is 17.7. The first-order chi connectivity index (χ1) is 11.3. The summed E-state index contributed by atoms with van der Waals surface area (Å²) in [4.78, 5) is 15.9. The molecule has 24 heavy (non-hydrogen) atoms. The molecular formula is C14H16F3N5O2. The summed E-state index contributed by atoms with van der Waals surface area (Å²) in [6.07, 6.45) is 0.402. The fourth-order valence-corrected chi connectivity index (χ4v) is 1.78. The Morgan fingerprint density at radius 3 is 2.79 bits per heavy atom. The summed E-state index contributed by atoms with van der Waals surface area (Å²) in [5.41, 5.74) is 0.437. The van der Waals surface area contributed by atoms with Gasteiger partial charge in [-0.05, 0) is 25.1 Å². The van der Waals surface area contributed by atoms with Crippen LogP contribution in [-0.2, 0) is 4.74 Å². The van der Waals surface area contributed by atoms with E-state index in [1.807, 2.05) is 0 Å². The maximum atomic E-state index is 12.0. The third-order valence-electron chi connectivity index (χ3n) is 2.76. The molecular weight excluding hydrogens is 327 g/mol. The number of pyridine rings is 1. The predicted octanol–water partition coefficient (Wildman–Crippen LogP) is 2.36. The van der Waals surface area contributed by atoms with Crippen LogP contribution in [0.2, 0.25) is 0 Å². The zero-order valence-electron chi connectivity index (χ0n) is 12.7. The highest BCUT2D eigenvalue weighted by atomic mass is 19.4. The molecule has 0 saturated carbocycles. The van der Waals surface area contributed by atoms with Gasteiger partial charge in [0.25, 0.3) is 0 Å². The van der Waals surface area contributed by atoms with Gasteiger partial charge in [0.15, 0.2) is 5.82 Å². The third-order valence-corrected chi connectivity index (χ3v) is 2.76. The predicted molar refractivity (Wildman–Crippen MR) is 79.8 cm³/mol. The number of aromatic nitrogens is 3. The third kappa shape index (κ3) is 5.88. The summed E-state index contributed by atoms with van der Waals surface area (Å²) in [5, 5.41) is 9.02. The fraction of sp³-hybridized carbons (Fsp3) is 0.357. The molecule has 0 aliphatic carbocycles. The molecule has 0 bridgehead atoms. The Bertz CT molecular complexity index is 643. The van der Waals surface area contributed by atoms with Crippen LogP contribution in [-0.4, -0.2) is 46.2 Å². The summed E-state index contributed by atoms with van der Waals surface area (Å²) < 4.78 is 41.9. The van der Waals surface area contributed by atoms with Crippen LogP contribution >= 0.6 is 0 Å². The smallest absolute Gasteiger partial charge is 0.370 e. The number of carbonyl (C=O) groups is 1. The zero-order chi connectivity index (χ0) is 17.6. The molecule has 0 spiro atoms. The average molecular weight is 343 g/mol. The summed E-state index contributed by atoms with van der Waals surface area (Å²) in [6.45, 7) is -0.0577. The van der Waals surface area contributed by atoms with Crippen molar-refractivity contribution in [2.45, 2.75) is 19.1 Å². The molecule has 0 unspecified atom stereocenters. The largest absolute Gasteiger partial charge is 0.411 e. The van der Waals surface area contributed by atoms with Gasteiger partial charge in [-0.3, -0.25) is 0 Å². The topological polar surface area (TPSA) is 81.1 Å². The summed E-state index contributed by atoms with van der Waals surface area (Å²) in [7, 11) is 0. The molecule has 0 fully saturated rings. The zero-order valence-corrected chi connectivity index (χ0v) is 12.7. The van der Waals surface area contributed by atoms with Crippen molar-refractivity contribution in [1.29, 1.82) is 0 Å². The number of nitrogens with zero attached hydrogens (tertiary/aromatic N) is 3. The SMILES string of the molecule is C[C@H](COCC(F)(F)F)NC(=O)Nc1ccc(-n2cccn2)nc1. The molecule has 0 aromatic carbocycles. The van der Waals surface area contributed by atoms with E-state index in [9.17, 15) is 18.0 Å². The quantitative estimate of drug-likeness (QED) is 0.844. The number of carbonyl (C=O) groups excluding carboxylic acids is 1. The van der Waals surface area contributed by atoms with E-state index in [1.165, 1.54) is 13.1 Å². The molecule has 130 valence electrons. The molecule has 7 nitrogen and oxygen atoms in total. The standard InChI is InChI=1S/C14H16F3N5O2/c1-10(8-24-9-14(15,16)17)20-13(23)21-11-3-4-12(18-7-11)22-6-2-5-19-22/h2-7,10H,8-9H2,1H3,(H2,20,21,23)/t10-/m1/s1. The summed E-state index contributed by atoms with van der Waals surface area (Å²) in [6, 6.07) is 3.91. The lowest BCUT2D eigenvalue weighted by Gasteiger charge is -2.15. The number of anilines is 1. The minimum Gasteiger partial charge on any atom is -0.370 e. The lowest BCUT2D eigenvalue weighted by Crippen LogP contribution is -2.39. The Morgan fingerprint density at radius 1 is 1.42 bits per heavy atom. The van der Waals surface area contributed by atoms with E-state index in [4.69, 9.17) is 0 Å². The molecule has 2 amide bonds. The van der Waals surface area contributed by atoms with Gasteiger partial charge in [-0.15, -0.1) is 0 Å². The van der Waals surface area contributed by atoms with Gasteiger partial charge in [0, 0.05) is 12.4 Å². The number of rotatable bonds is 6. The number of hydrogen-bond donors (Lipinski definition) is 2. The van der Waals surface area contributed by atoms with Crippen LogP contribution in [0.25, 0.3) is 5.82 Å². The van der Waals surface area contributed by atoms with Crippen molar-refractivity contribution in [1.82, 2.24) is 20.1 Å². The average Bonchev–Trinajstić information content (AvgIpc) is 3.00. The van der Waals surface area contributed by atoms with Crippen LogP contribution < -0.4 is 10.6 Å². The molecule has 1 atom stereocenters. The molecule has 2 aromatic heterocycles. The number of amides is 2. The minimum absolute atomic E-state index is 0.247. The molecule has 0 aliphatic heterocycles. The lowest BCUT2D eigenvalue weighted by molar-refractivity contribution is -0.174. The van der Waals surface area contributed by atoms with Gasteiger partial charge in [-0.2, -0.15) is 18.3 Å². The molecule has 0 aliphatic rings. The lowest BCUT2D eigenvalue weighted by atomic mass is 10.3. The fourth-order valence-electron chi connectivity index (χ4n) is 1.78. The van der Waals surface area contributed by atoms with Gasteiger partial charge in [0.05, 0.1) is 24.5 Å². The Morgan fingerprint density at radius 2 is 2.21 bits per heavy atom. The van der Waals surface area contributed by atoms with Crippen molar-refractivity contribution in [3.8, 4) is 5.82 Å². The van der Waals surface area contributed by atoms with Gasteiger partial charge in [0.2, 0.25) is 0 Å². The van der Waals surface area contributed by atoms with Gasteiger partial charge in [0.1, 0.15) is 6.61 Å². The highest BCUT2D eigenvalue weighted by Crippen LogP contribution is 2.14. The van der Waals surface area contributed by atoms with Gasteiger partial charge >= 0.3 is 12.2 Å². The number of urea groups is 1. The van der Waals surface area contributed by atoms with E-state index in [0.717, 1.165) is 0 Å². The van der Waals surface area contributed by atoms with E-state index in [0.29, 0.717) is 11.5 Å². The molecule has 2 N–H and O–H groups in total. The van der Waals surface area contributed by atoms with Crippen molar-refractivity contribution >= 4 is 11.7 Å². The van der Waals surface area contributed by atoms with E-state index < -0.39 is 24.9 Å². The minimum atomic E-state index is -4.38. The molecule has 0 radical (unpaired) electrons. The van der Waals surface area contributed by atoms with Crippen LogP contribution in [0.4, 0.5) is 23.7 Å². The second-order valence-corrected chi connectivity index (χ2v) is 4.99. The van der Waals surface area contributed by atoms with Crippen molar-refractivity contribution in [3.63, 3.8) is 0 Å².